The van der Waals surface area contributed by atoms with Gasteiger partial charge in [-0.15, -0.1) is 0 Å². The van der Waals surface area contributed by atoms with Crippen molar-refractivity contribution >= 4 is 5.95 Å². The van der Waals surface area contributed by atoms with E-state index in [0.29, 0.717) is 12.5 Å². The van der Waals surface area contributed by atoms with Crippen LogP contribution in [0.25, 0.3) is 0 Å². The summed E-state index contributed by atoms with van der Waals surface area (Å²) in [5.74, 6) is 0.668. The molecule has 0 bridgehead atoms. The lowest BCUT2D eigenvalue weighted by molar-refractivity contribution is 0.301. The highest BCUT2D eigenvalue weighted by molar-refractivity contribution is 5.43. The van der Waals surface area contributed by atoms with Crippen LogP contribution in [0.2, 0.25) is 0 Å². The van der Waals surface area contributed by atoms with Gasteiger partial charge in [0.25, 0.3) is 0 Å². The molecule has 1 fully saturated rings. The van der Waals surface area contributed by atoms with Crippen LogP contribution in [0.5, 0.6) is 0 Å². The predicted molar refractivity (Wildman–Crippen MR) is 122 cm³/mol. The monoisotopic (exact) mass is 401 g/mol. The van der Waals surface area contributed by atoms with Crippen LogP contribution in [0.1, 0.15) is 47.2 Å². The first-order valence-electron chi connectivity index (χ1n) is 10.9. The molecule has 0 unspecified atom stereocenters. The minimum atomic E-state index is 0.0977. The Balaban J connectivity index is 1.44. The van der Waals surface area contributed by atoms with Gasteiger partial charge in [0.1, 0.15) is 0 Å². The smallest absolute Gasteiger partial charge is 0.225 e. The molecule has 0 aliphatic heterocycles. The number of hydrogen-bond acceptors (Lipinski definition) is 4. The highest BCUT2D eigenvalue weighted by atomic mass is 16.3. The lowest BCUT2D eigenvalue weighted by atomic mass is 9.60. The van der Waals surface area contributed by atoms with E-state index in [4.69, 9.17) is 5.11 Å². The standard InChI is InChI=1S/C26H31N3O/c1-20-4-9-22(10-5-20)26(15-3-16-26)23-11-6-21(7-12-23)8-13-24-14-17-27-25(28-24)29(2)18-19-30/h4-7,9-12,14,17,30H,3,8,13,15-16,18-19H2,1-2H3. The van der Waals surface area contributed by atoms with Crippen LogP contribution >= 0.6 is 0 Å². The summed E-state index contributed by atoms with van der Waals surface area (Å²) in [6.45, 7) is 2.78. The number of aliphatic hydroxyl groups excluding tert-OH is 1. The van der Waals surface area contributed by atoms with Crippen molar-refractivity contribution in [3.05, 3.63) is 88.7 Å². The summed E-state index contributed by atoms with van der Waals surface area (Å²) in [6, 6.07) is 20.3. The van der Waals surface area contributed by atoms with Gasteiger partial charge in [-0.2, -0.15) is 0 Å². The van der Waals surface area contributed by atoms with Crippen molar-refractivity contribution < 1.29 is 5.11 Å². The zero-order chi connectivity index (χ0) is 21.0. The Morgan fingerprint density at radius 2 is 1.60 bits per heavy atom. The van der Waals surface area contributed by atoms with Crippen LogP contribution in [-0.4, -0.2) is 35.3 Å². The molecule has 156 valence electrons. The number of hydrogen-bond donors (Lipinski definition) is 1. The average Bonchev–Trinajstić information content (AvgIpc) is 2.74. The largest absolute Gasteiger partial charge is 0.395 e. The summed E-state index contributed by atoms with van der Waals surface area (Å²) in [7, 11) is 1.90. The first kappa shape index (κ1) is 20.5. The molecule has 1 N–H and O–H groups in total. The Bertz CT molecular complexity index is 962. The molecule has 1 aromatic heterocycles. The highest BCUT2D eigenvalue weighted by Crippen LogP contribution is 2.49. The Morgan fingerprint density at radius 3 is 2.20 bits per heavy atom. The fourth-order valence-corrected chi connectivity index (χ4v) is 4.37. The van der Waals surface area contributed by atoms with Crippen molar-refractivity contribution in [1.29, 1.82) is 0 Å². The zero-order valence-corrected chi connectivity index (χ0v) is 18.0. The van der Waals surface area contributed by atoms with Gasteiger partial charge < -0.3 is 10.0 Å². The third-order valence-electron chi connectivity index (χ3n) is 6.46. The topological polar surface area (TPSA) is 49.2 Å². The molecule has 0 spiro atoms. The number of likely N-dealkylation sites (N-methyl/N-ethyl adjacent to an activating group) is 1. The molecule has 3 aromatic rings. The van der Waals surface area contributed by atoms with Crippen molar-refractivity contribution in [3.8, 4) is 0 Å². The molecule has 1 heterocycles. The van der Waals surface area contributed by atoms with E-state index in [2.05, 4.69) is 65.4 Å². The molecule has 1 aliphatic carbocycles. The van der Waals surface area contributed by atoms with Crippen molar-refractivity contribution in [1.82, 2.24) is 9.97 Å². The molecule has 1 aliphatic rings. The average molecular weight is 402 g/mol. The Kier molecular flexibility index (Phi) is 6.14. The summed E-state index contributed by atoms with van der Waals surface area (Å²) < 4.78 is 0. The molecule has 2 aromatic carbocycles. The van der Waals surface area contributed by atoms with Crippen LogP contribution in [0.15, 0.2) is 60.8 Å². The number of rotatable bonds is 8. The second kappa shape index (κ2) is 8.97. The van der Waals surface area contributed by atoms with E-state index in [1.165, 1.54) is 41.5 Å². The number of benzene rings is 2. The van der Waals surface area contributed by atoms with Gasteiger partial charge in [-0.1, -0.05) is 60.5 Å². The molecule has 0 atom stereocenters. The second-order valence-electron chi connectivity index (χ2n) is 8.49. The van der Waals surface area contributed by atoms with E-state index in [9.17, 15) is 0 Å². The number of aryl methyl sites for hydroxylation is 3. The summed E-state index contributed by atoms with van der Waals surface area (Å²) >= 11 is 0. The van der Waals surface area contributed by atoms with Crippen molar-refractivity contribution in [2.24, 2.45) is 0 Å². The van der Waals surface area contributed by atoms with E-state index in [-0.39, 0.29) is 12.0 Å². The van der Waals surface area contributed by atoms with Crippen LogP contribution in [0.3, 0.4) is 0 Å². The molecule has 0 radical (unpaired) electrons. The van der Waals surface area contributed by atoms with E-state index in [1.807, 2.05) is 18.0 Å². The van der Waals surface area contributed by atoms with Crippen LogP contribution in [-0.2, 0) is 18.3 Å². The van der Waals surface area contributed by atoms with Gasteiger partial charge in [0.2, 0.25) is 5.95 Å². The normalized spacial score (nSPS) is 14.9. The van der Waals surface area contributed by atoms with Crippen molar-refractivity contribution in [2.75, 3.05) is 25.1 Å². The second-order valence-corrected chi connectivity index (χ2v) is 8.49. The van der Waals surface area contributed by atoms with Crippen molar-refractivity contribution in [2.45, 2.75) is 44.4 Å². The van der Waals surface area contributed by atoms with Gasteiger partial charge >= 0.3 is 0 Å². The molecule has 4 rings (SSSR count). The predicted octanol–water partition coefficient (Wildman–Crippen LogP) is 4.47. The maximum atomic E-state index is 9.11. The first-order chi connectivity index (χ1) is 14.6. The minimum Gasteiger partial charge on any atom is -0.395 e. The Morgan fingerprint density at radius 1 is 0.933 bits per heavy atom. The first-order valence-corrected chi connectivity index (χ1v) is 10.9. The Labute approximate surface area is 179 Å². The molecule has 4 heteroatoms. The SMILES string of the molecule is Cc1ccc(C2(c3ccc(CCc4ccnc(N(C)CCO)n4)cc3)CCC2)cc1. The maximum Gasteiger partial charge on any atom is 0.225 e. The van der Waals surface area contributed by atoms with Gasteiger partial charge in [0.05, 0.1) is 6.61 Å². The number of nitrogens with zero attached hydrogens (tertiary/aromatic N) is 3. The van der Waals surface area contributed by atoms with Gasteiger partial charge in [0.15, 0.2) is 0 Å². The fourth-order valence-electron chi connectivity index (χ4n) is 4.37. The van der Waals surface area contributed by atoms with Crippen molar-refractivity contribution in [3.63, 3.8) is 0 Å². The van der Waals surface area contributed by atoms with Crippen LogP contribution < -0.4 is 4.90 Å². The molecular formula is C26H31N3O. The van der Waals surface area contributed by atoms with Gasteiger partial charge in [-0.05, 0) is 55.4 Å². The van der Waals surface area contributed by atoms with E-state index in [1.54, 1.807) is 6.20 Å². The number of aromatic nitrogens is 2. The lowest BCUT2D eigenvalue weighted by Crippen LogP contribution is -2.35. The van der Waals surface area contributed by atoms with Crippen LogP contribution in [0, 0.1) is 6.92 Å². The van der Waals surface area contributed by atoms with E-state index in [0.717, 1.165) is 18.5 Å². The summed E-state index contributed by atoms with van der Waals surface area (Å²) in [6.07, 6.45) is 7.41. The minimum absolute atomic E-state index is 0.0977. The van der Waals surface area contributed by atoms with E-state index >= 15 is 0 Å². The molecule has 0 amide bonds. The Hall–Kier alpha value is -2.72. The third kappa shape index (κ3) is 4.24. The van der Waals surface area contributed by atoms with E-state index < -0.39 is 0 Å². The number of aliphatic hydroxyl groups is 1. The number of anilines is 1. The summed E-state index contributed by atoms with van der Waals surface area (Å²) in [5, 5.41) is 9.11. The fraction of sp³-hybridized carbons (Fsp3) is 0.385. The molecule has 0 saturated heterocycles. The summed E-state index contributed by atoms with van der Waals surface area (Å²) in [5.41, 5.74) is 6.78. The molecule has 4 nitrogen and oxygen atoms in total. The molecule has 30 heavy (non-hydrogen) atoms. The third-order valence-corrected chi connectivity index (χ3v) is 6.46. The summed E-state index contributed by atoms with van der Waals surface area (Å²) in [4.78, 5) is 10.8. The lowest BCUT2D eigenvalue weighted by Gasteiger charge is -2.43. The van der Waals surface area contributed by atoms with Crippen LogP contribution in [0.4, 0.5) is 5.95 Å². The van der Waals surface area contributed by atoms with Gasteiger partial charge in [0, 0.05) is 30.9 Å². The molecule has 1 saturated carbocycles. The quantitative estimate of drug-likeness (QED) is 0.605. The molecular weight excluding hydrogens is 370 g/mol. The maximum absolute atomic E-state index is 9.11. The zero-order valence-electron chi connectivity index (χ0n) is 18.0. The van der Waals surface area contributed by atoms with Gasteiger partial charge in [-0.3, -0.25) is 0 Å². The highest BCUT2D eigenvalue weighted by Gasteiger charge is 2.40. The van der Waals surface area contributed by atoms with Gasteiger partial charge in [-0.25, -0.2) is 9.97 Å².